The number of hydrogen-bond donors (Lipinski definition) is 1. The van der Waals surface area contributed by atoms with Crippen LogP contribution in [0.15, 0.2) is 12.1 Å². The Kier molecular flexibility index (Phi) is 6.80. The van der Waals surface area contributed by atoms with Crippen LogP contribution in [-0.4, -0.2) is 18.6 Å². The second kappa shape index (κ2) is 7.85. The Labute approximate surface area is 117 Å². The van der Waals surface area contributed by atoms with Crippen LogP contribution in [0.3, 0.4) is 0 Å². The summed E-state index contributed by atoms with van der Waals surface area (Å²) >= 11 is 1.93. The van der Waals surface area contributed by atoms with Gasteiger partial charge in [-0.05, 0) is 74.4 Å². The van der Waals surface area contributed by atoms with Gasteiger partial charge >= 0.3 is 0 Å². The zero-order valence-corrected chi connectivity index (χ0v) is 13.3. The maximum atomic E-state index is 3.69. The van der Waals surface area contributed by atoms with Crippen molar-refractivity contribution >= 4 is 11.8 Å². The van der Waals surface area contributed by atoms with Crippen molar-refractivity contribution in [2.45, 2.75) is 46.6 Å². The van der Waals surface area contributed by atoms with E-state index in [1.807, 2.05) is 11.8 Å². The number of aryl methyl sites for hydroxylation is 3. The second-order valence-electron chi connectivity index (χ2n) is 5.08. The third kappa shape index (κ3) is 4.33. The molecule has 0 saturated carbocycles. The Morgan fingerprint density at radius 3 is 2.39 bits per heavy atom. The molecule has 0 bridgehead atoms. The fourth-order valence-electron chi connectivity index (χ4n) is 2.28. The Bertz CT molecular complexity index is 366. The van der Waals surface area contributed by atoms with Crippen molar-refractivity contribution in [3.8, 4) is 0 Å². The van der Waals surface area contributed by atoms with Gasteiger partial charge in [0.05, 0.1) is 0 Å². The predicted octanol–water partition coefficient (Wildman–Crippen LogP) is 4.41. The summed E-state index contributed by atoms with van der Waals surface area (Å²) < 4.78 is 0. The van der Waals surface area contributed by atoms with Crippen LogP contribution in [0.5, 0.6) is 0 Å². The summed E-state index contributed by atoms with van der Waals surface area (Å²) in [5, 5.41) is 3.69. The smallest absolute Gasteiger partial charge is 0.0330 e. The quantitative estimate of drug-likeness (QED) is 0.784. The normalized spacial score (nSPS) is 12.7. The fourth-order valence-corrected chi connectivity index (χ4v) is 2.75. The Morgan fingerprint density at radius 1 is 1.11 bits per heavy atom. The first-order valence-electron chi connectivity index (χ1n) is 6.90. The molecule has 0 aromatic heterocycles. The van der Waals surface area contributed by atoms with Crippen molar-refractivity contribution in [1.82, 2.24) is 5.32 Å². The molecule has 1 unspecified atom stereocenters. The molecule has 1 aromatic carbocycles. The number of nitrogens with one attached hydrogen (secondary N) is 1. The minimum Gasteiger partial charge on any atom is -0.310 e. The molecule has 1 rings (SSSR count). The lowest BCUT2D eigenvalue weighted by atomic mass is 9.94. The Balaban J connectivity index is 2.92. The van der Waals surface area contributed by atoms with Gasteiger partial charge in [0.2, 0.25) is 0 Å². The largest absolute Gasteiger partial charge is 0.310 e. The molecule has 0 heterocycles. The first kappa shape index (κ1) is 15.6. The molecular weight excluding hydrogens is 238 g/mol. The van der Waals surface area contributed by atoms with E-state index in [1.54, 1.807) is 0 Å². The van der Waals surface area contributed by atoms with Gasteiger partial charge < -0.3 is 5.32 Å². The maximum absolute atomic E-state index is 3.69. The van der Waals surface area contributed by atoms with Crippen LogP contribution >= 0.6 is 11.8 Å². The highest BCUT2D eigenvalue weighted by atomic mass is 32.2. The van der Waals surface area contributed by atoms with Crippen molar-refractivity contribution < 1.29 is 0 Å². The van der Waals surface area contributed by atoms with Crippen LogP contribution in [0, 0.1) is 20.8 Å². The lowest BCUT2D eigenvalue weighted by molar-refractivity contribution is 0.519. The SMILES string of the molecule is CCCNC(CCSC)c1cc(C)c(C)cc1C. The Morgan fingerprint density at radius 2 is 1.78 bits per heavy atom. The minimum absolute atomic E-state index is 0.511. The van der Waals surface area contributed by atoms with Gasteiger partial charge in [0, 0.05) is 6.04 Å². The molecule has 0 spiro atoms. The third-order valence-corrected chi connectivity index (χ3v) is 4.15. The van der Waals surface area contributed by atoms with Gasteiger partial charge in [-0.25, -0.2) is 0 Å². The molecule has 0 amide bonds. The highest BCUT2D eigenvalue weighted by Crippen LogP contribution is 2.25. The first-order chi connectivity index (χ1) is 8.60. The highest BCUT2D eigenvalue weighted by molar-refractivity contribution is 7.98. The lowest BCUT2D eigenvalue weighted by Gasteiger charge is -2.22. The fraction of sp³-hybridized carbons (Fsp3) is 0.625. The van der Waals surface area contributed by atoms with Gasteiger partial charge in [-0.15, -0.1) is 0 Å². The van der Waals surface area contributed by atoms with Crippen molar-refractivity contribution in [3.05, 3.63) is 34.4 Å². The monoisotopic (exact) mass is 265 g/mol. The van der Waals surface area contributed by atoms with Crippen LogP contribution < -0.4 is 5.32 Å². The Hall–Kier alpha value is -0.470. The predicted molar refractivity (Wildman–Crippen MR) is 84.7 cm³/mol. The van der Waals surface area contributed by atoms with E-state index in [1.165, 1.54) is 40.8 Å². The molecule has 0 aliphatic heterocycles. The molecule has 1 aromatic rings. The average molecular weight is 265 g/mol. The number of rotatable bonds is 7. The van der Waals surface area contributed by atoms with Gasteiger partial charge in [-0.2, -0.15) is 11.8 Å². The summed E-state index contributed by atoms with van der Waals surface area (Å²) in [6, 6.07) is 5.21. The molecule has 1 atom stereocenters. The molecular formula is C16H27NS. The molecule has 0 fully saturated rings. The molecule has 1 nitrogen and oxygen atoms in total. The molecule has 18 heavy (non-hydrogen) atoms. The summed E-state index contributed by atoms with van der Waals surface area (Å²) in [7, 11) is 0. The molecule has 102 valence electrons. The molecule has 1 N–H and O–H groups in total. The van der Waals surface area contributed by atoms with Crippen molar-refractivity contribution in [2.75, 3.05) is 18.6 Å². The van der Waals surface area contributed by atoms with E-state index < -0.39 is 0 Å². The number of hydrogen-bond acceptors (Lipinski definition) is 2. The summed E-state index contributed by atoms with van der Waals surface area (Å²) in [5.74, 6) is 1.22. The summed E-state index contributed by atoms with van der Waals surface area (Å²) in [6.07, 6.45) is 4.59. The van der Waals surface area contributed by atoms with Gasteiger partial charge in [0.15, 0.2) is 0 Å². The van der Waals surface area contributed by atoms with Gasteiger partial charge in [-0.3, -0.25) is 0 Å². The first-order valence-corrected chi connectivity index (χ1v) is 8.29. The van der Waals surface area contributed by atoms with E-state index in [9.17, 15) is 0 Å². The van der Waals surface area contributed by atoms with Crippen molar-refractivity contribution in [1.29, 1.82) is 0 Å². The lowest BCUT2D eigenvalue weighted by Crippen LogP contribution is -2.23. The molecule has 0 saturated heterocycles. The van der Waals surface area contributed by atoms with Gasteiger partial charge in [0.25, 0.3) is 0 Å². The highest BCUT2D eigenvalue weighted by Gasteiger charge is 2.13. The van der Waals surface area contributed by atoms with Gasteiger partial charge in [0.1, 0.15) is 0 Å². The van der Waals surface area contributed by atoms with E-state index in [2.05, 4.69) is 51.4 Å². The second-order valence-corrected chi connectivity index (χ2v) is 6.07. The topological polar surface area (TPSA) is 12.0 Å². The van der Waals surface area contributed by atoms with Crippen molar-refractivity contribution in [3.63, 3.8) is 0 Å². The molecule has 0 radical (unpaired) electrons. The number of benzene rings is 1. The van der Waals surface area contributed by atoms with E-state index in [4.69, 9.17) is 0 Å². The molecule has 0 aliphatic rings. The van der Waals surface area contributed by atoms with Crippen molar-refractivity contribution in [2.24, 2.45) is 0 Å². The van der Waals surface area contributed by atoms with Gasteiger partial charge in [-0.1, -0.05) is 19.1 Å². The zero-order chi connectivity index (χ0) is 13.5. The summed E-state index contributed by atoms with van der Waals surface area (Å²) in [4.78, 5) is 0. The van der Waals surface area contributed by atoms with E-state index in [-0.39, 0.29) is 0 Å². The molecule has 0 aliphatic carbocycles. The minimum atomic E-state index is 0.511. The third-order valence-electron chi connectivity index (χ3n) is 3.51. The maximum Gasteiger partial charge on any atom is 0.0330 e. The van der Waals surface area contributed by atoms with E-state index in [0.29, 0.717) is 6.04 Å². The average Bonchev–Trinajstić information content (AvgIpc) is 2.35. The van der Waals surface area contributed by atoms with Crippen LogP contribution in [0.1, 0.15) is 48.1 Å². The van der Waals surface area contributed by atoms with Crippen LogP contribution in [0.25, 0.3) is 0 Å². The zero-order valence-electron chi connectivity index (χ0n) is 12.5. The summed E-state index contributed by atoms with van der Waals surface area (Å²) in [6.45, 7) is 9.98. The standard InChI is InChI=1S/C16H27NS/c1-6-8-17-16(7-9-18-5)15-11-13(3)12(2)10-14(15)4/h10-11,16-17H,6-9H2,1-5H3. The summed E-state index contributed by atoms with van der Waals surface area (Å²) in [5.41, 5.74) is 5.71. The molecule has 2 heteroatoms. The number of thioether (sulfide) groups is 1. The van der Waals surface area contributed by atoms with Crippen LogP contribution in [-0.2, 0) is 0 Å². The van der Waals surface area contributed by atoms with E-state index >= 15 is 0 Å². The van der Waals surface area contributed by atoms with E-state index in [0.717, 1.165) is 6.54 Å². The van der Waals surface area contributed by atoms with Crippen LogP contribution in [0.2, 0.25) is 0 Å². The van der Waals surface area contributed by atoms with Crippen LogP contribution in [0.4, 0.5) is 0 Å².